The van der Waals surface area contributed by atoms with E-state index >= 15 is 0 Å². The van der Waals surface area contributed by atoms with Crippen LogP contribution in [0.25, 0.3) is 16.9 Å². The van der Waals surface area contributed by atoms with Crippen LogP contribution in [0, 0.1) is 6.92 Å². The number of hydrogen-bond donors (Lipinski definition) is 2. The summed E-state index contributed by atoms with van der Waals surface area (Å²) in [5.41, 5.74) is 6.76. The number of hydrogen-bond acceptors (Lipinski definition) is 3. The van der Waals surface area contributed by atoms with Gasteiger partial charge in [0.15, 0.2) is 0 Å². The van der Waals surface area contributed by atoms with E-state index in [-0.39, 0.29) is 6.04 Å². The number of benzene rings is 2. The van der Waals surface area contributed by atoms with Gasteiger partial charge < -0.3 is 10.6 Å². The molecule has 0 radical (unpaired) electrons. The normalized spacial score (nSPS) is 11.7. The van der Waals surface area contributed by atoms with Crippen LogP contribution in [0.2, 0.25) is 0 Å². The third-order valence-corrected chi connectivity index (χ3v) is 5.31. The van der Waals surface area contributed by atoms with Gasteiger partial charge in [0.2, 0.25) is 0 Å². The molecule has 0 amide bonds. The average Bonchev–Trinajstić information content (AvgIpc) is 3.21. The summed E-state index contributed by atoms with van der Waals surface area (Å²) in [6, 6.07) is 16.9. The van der Waals surface area contributed by atoms with Gasteiger partial charge in [0.1, 0.15) is 0 Å². The monoisotopic (exact) mass is 400 g/mol. The second-order valence-electron chi connectivity index (χ2n) is 7.56. The first-order valence-corrected chi connectivity index (χ1v) is 10.6. The van der Waals surface area contributed by atoms with E-state index in [1.807, 2.05) is 17.8 Å². The summed E-state index contributed by atoms with van der Waals surface area (Å²) < 4.78 is 2.01. The third kappa shape index (κ3) is 4.82. The van der Waals surface area contributed by atoms with E-state index < -0.39 is 0 Å². The molecule has 0 spiro atoms. The van der Waals surface area contributed by atoms with Crippen LogP contribution in [0.15, 0.2) is 79.8 Å². The molecule has 3 rings (SSSR count). The number of nitrogens with zero attached hydrogens (tertiary/aromatic N) is 2. The average molecular weight is 401 g/mol. The van der Waals surface area contributed by atoms with Crippen molar-refractivity contribution in [1.82, 2.24) is 20.4 Å². The summed E-state index contributed by atoms with van der Waals surface area (Å²) in [6.45, 7) is 12.4. The lowest BCUT2D eigenvalue weighted by atomic mass is 10.0. The van der Waals surface area contributed by atoms with E-state index in [1.54, 1.807) is 0 Å². The zero-order chi connectivity index (χ0) is 21.5. The summed E-state index contributed by atoms with van der Waals surface area (Å²) in [5.74, 6) is 0.742. The molecular formula is C26H32N4. The van der Waals surface area contributed by atoms with Crippen LogP contribution < -0.4 is 10.6 Å². The summed E-state index contributed by atoms with van der Waals surface area (Å²) in [7, 11) is 1.85. The molecular weight excluding hydrogens is 368 g/mol. The first-order valence-electron chi connectivity index (χ1n) is 10.6. The molecule has 2 N–H and O–H groups in total. The van der Waals surface area contributed by atoms with Crippen LogP contribution in [0.1, 0.15) is 42.5 Å². The summed E-state index contributed by atoms with van der Waals surface area (Å²) in [5, 5.41) is 11.5. The van der Waals surface area contributed by atoms with Crippen molar-refractivity contribution >= 4 is 0 Å². The van der Waals surface area contributed by atoms with E-state index in [9.17, 15) is 0 Å². The van der Waals surface area contributed by atoms with Crippen LogP contribution in [-0.2, 0) is 6.42 Å². The van der Waals surface area contributed by atoms with Gasteiger partial charge in [-0.1, -0.05) is 74.0 Å². The van der Waals surface area contributed by atoms with Gasteiger partial charge in [-0.2, -0.15) is 5.10 Å². The van der Waals surface area contributed by atoms with Crippen molar-refractivity contribution in [2.45, 2.75) is 39.2 Å². The minimum Gasteiger partial charge on any atom is -0.375 e. The number of rotatable bonds is 10. The molecule has 156 valence electrons. The highest BCUT2D eigenvalue weighted by molar-refractivity contribution is 5.65. The molecule has 1 heterocycles. The van der Waals surface area contributed by atoms with Gasteiger partial charge in [0, 0.05) is 24.4 Å². The number of unbranched alkanes of at least 4 members (excludes halogenated alkanes) is 1. The zero-order valence-electron chi connectivity index (χ0n) is 18.3. The van der Waals surface area contributed by atoms with Crippen molar-refractivity contribution in [3.05, 3.63) is 96.5 Å². The Hall–Kier alpha value is -3.27. The molecule has 0 aliphatic rings. The zero-order valence-corrected chi connectivity index (χ0v) is 18.3. The Morgan fingerprint density at radius 2 is 1.90 bits per heavy atom. The predicted molar refractivity (Wildman–Crippen MR) is 127 cm³/mol. The maximum atomic E-state index is 5.03. The molecule has 30 heavy (non-hydrogen) atoms. The fourth-order valence-electron chi connectivity index (χ4n) is 3.51. The molecule has 3 aromatic rings. The fourth-order valence-corrected chi connectivity index (χ4v) is 3.51. The number of para-hydroxylation sites is 1. The smallest absolute Gasteiger partial charge is 0.0983 e. The van der Waals surface area contributed by atoms with Gasteiger partial charge in [-0.25, -0.2) is 4.68 Å². The van der Waals surface area contributed by atoms with Crippen LogP contribution >= 0.6 is 0 Å². The standard InChI is InChI=1S/C26H32N4/c1-6-8-11-21-12-9-10-13-25(21)30-18-23(24(7-2)28-20(4)27-5)26(29-30)22-16-14-19(3)15-17-22/h7,9-10,12-18,24,27-28H,2,4,6,8,11H2,1,3,5H3. The van der Waals surface area contributed by atoms with Gasteiger partial charge in [0.25, 0.3) is 0 Å². The lowest BCUT2D eigenvalue weighted by Crippen LogP contribution is -2.25. The molecule has 4 nitrogen and oxygen atoms in total. The minimum absolute atomic E-state index is 0.113. The maximum absolute atomic E-state index is 5.03. The Morgan fingerprint density at radius 1 is 1.17 bits per heavy atom. The van der Waals surface area contributed by atoms with Crippen LogP contribution in [0.3, 0.4) is 0 Å². The van der Waals surface area contributed by atoms with Crippen molar-refractivity contribution in [3.63, 3.8) is 0 Å². The number of aryl methyl sites for hydroxylation is 2. The molecule has 0 saturated carbocycles. The molecule has 0 aliphatic carbocycles. The van der Waals surface area contributed by atoms with E-state index in [0.717, 1.165) is 41.2 Å². The SMILES string of the molecule is C=CC(NC(=C)NC)c1cn(-c2ccccc2CCCC)nc1-c1ccc(C)cc1. The lowest BCUT2D eigenvalue weighted by Gasteiger charge is -2.17. The lowest BCUT2D eigenvalue weighted by molar-refractivity contribution is 0.672. The molecule has 0 bridgehead atoms. The van der Waals surface area contributed by atoms with Crippen molar-refractivity contribution in [1.29, 1.82) is 0 Å². The Bertz CT molecular complexity index is 998. The Balaban J connectivity index is 2.12. The van der Waals surface area contributed by atoms with Gasteiger partial charge >= 0.3 is 0 Å². The largest absolute Gasteiger partial charge is 0.375 e. The molecule has 0 saturated heterocycles. The van der Waals surface area contributed by atoms with Crippen molar-refractivity contribution < 1.29 is 0 Å². The van der Waals surface area contributed by atoms with E-state index in [0.29, 0.717) is 0 Å². The van der Waals surface area contributed by atoms with Crippen molar-refractivity contribution in [2.75, 3.05) is 7.05 Å². The molecule has 0 aliphatic heterocycles. The third-order valence-electron chi connectivity index (χ3n) is 5.31. The molecule has 1 atom stereocenters. The maximum Gasteiger partial charge on any atom is 0.0983 e. The highest BCUT2D eigenvalue weighted by Crippen LogP contribution is 2.30. The van der Waals surface area contributed by atoms with Crippen molar-refractivity contribution in [3.8, 4) is 16.9 Å². The van der Waals surface area contributed by atoms with Crippen molar-refractivity contribution in [2.24, 2.45) is 0 Å². The van der Waals surface area contributed by atoms with Crippen LogP contribution in [-0.4, -0.2) is 16.8 Å². The predicted octanol–water partition coefficient (Wildman–Crippen LogP) is 5.70. The Kier molecular flexibility index (Phi) is 7.12. The van der Waals surface area contributed by atoms with E-state index in [4.69, 9.17) is 5.10 Å². The first-order chi connectivity index (χ1) is 14.6. The van der Waals surface area contributed by atoms with E-state index in [2.05, 4.69) is 92.4 Å². The molecule has 4 heteroatoms. The number of nitrogens with one attached hydrogen (secondary N) is 2. The fraction of sp³-hybridized carbons (Fsp3) is 0.269. The van der Waals surface area contributed by atoms with Gasteiger partial charge in [-0.05, 0) is 31.4 Å². The minimum atomic E-state index is -0.113. The van der Waals surface area contributed by atoms with Gasteiger partial charge in [0.05, 0.1) is 23.2 Å². The second-order valence-corrected chi connectivity index (χ2v) is 7.56. The van der Waals surface area contributed by atoms with Gasteiger partial charge in [-0.15, -0.1) is 6.58 Å². The molecule has 2 aromatic carbocycles. The molecule has 0 fully saturated rings. The number of aromatic nitrogens is 2. The van der Waals surface area contributed by atoms with Gasteiger partial charge in [-0.3, -0.25) is 0 Å². The second kappa shape index (κ2) is 9.97. The topological polar surface area (TPSA) is 41.9 Å². The Labute approximate surface area is 180 Å². The Morgan fingerprint density at radius 3 is 2.57 bits per heavy atom. The summed E-state index contributed by atoms with van der Waals surface area (Å²) in [6.07, 6.45) is 7.38. The highest BCUT2D eigenvalue weighted by atomic mass is 15.3. The molecule has 1 aromatic heterocycles. The summed E-state index contributed by atoms with van der Waals surface area (Å²) >= 11 is 0. The van der Waals surface area contributed by atoms with E-state index in [1.165, 1.54) is 17.5 Å². The first kappa shape index (κ1) is 21.4. The molecule has 1 unspecified atom stereocenters. The summed E-state index contributed by atoms with van der Waals surface area (Å²) in [4.78, 5) is 0. The van der Waals surface area contributed by atoms with Crippen LogP contribution in [0.4, 0.5) is 0 Å². The van der Waals surface area contributed by atoms with Crippen LogP contribution in [0.5, 0.6) is 0 Å². The highest BCUT2D eigenvalue weighted by Gasteiger charge is 2.20. The quantitative estimate of drug-likeness (QED) is 0.429.